The number of methoxy groups -OCH3 is 1. The first-order valence-corrected chi connectivity index (χ1v) is 8.40. The second kappa shape index (κ2) is 8.34. The number of rotatable bonds is 6. The molecule has 1 aliphatic rings. The smallest absolute Gasteiger partial charge is 0.263 e. The second-order valence-electron chi connectivity index (χ2n) is 6.22. The minimum Gasteiger partial charge on any atom is -0.380 e. The van der Waals surface area contributed by atoms with Crippen LogP contribution in [-0.2, 0) is 4.74 Å². The zero-order valence-electron chi connectivity index (χ0n) is 14.6. The summed E-state index contributed by atoms with van der Waals surface area (Å²) in [7, 11) is 1.61. The molecule has 144 valence electrons. The summed E-state index contributed by atoms with van der Waals surface area (Å²) < 4.78 is 44.6. The third-order valence-electron chi connectivity index (χ3n) is 4.56. The highest BCUT2D eigenvalue weighted by Gasteiger charge is 2.33. The minimum atomic E-state index is -2.79. The summed E-state index contributed by atoms with van der Waals surface area (Å²) in [4.78, 5) is 22.4. The van der Waals surface area contributed by atoms with Crippen LogP contribution in [0.25, 0.3) is 0 Å². The maximum absolute atomic E-state index is 14.0. The van der Waals surface area contributed by atoms with Crippen molar-refractivity contribution in [2.24, 2.45) is 0 Å². The summed E-state index contributed by atoms with van der Waals surface area (Å²) in [5.41, 5.74) is -0.730. The number of alkyl halides is 2. The molecule has 1 amide bonds. The predicted molar refractivity (Wildman–Crippen MR) is 92.3 cm³/mol. The molecule has 0 bridgehead atoms. The van der Waals surface area contributed by atoms with Gasteiger partial charge in [-0.1, -0.05) is 6.07 Å². The Bertz CT molecular complexity index is 791. The van der Waals surface area contributed by atoms with Crippen molar-refractivity contribution in [3.63, 3.8) is 0 Å². The van der Waals surface area contributed by atoms with Crippen molar-refractivity contribution >= 4 is 11.7 Å². The number of aromatic nitrogens is 2. The van der Waals surface area contributed by atoms with Crippen molar-refractivity contribution in [2.75, 3.05) is 25.1 Å². The van der Waals surface area contributed by atoms with Gasteiger partial charge >= 0.3 is 0 Å². The molecule has 1 aromatic heterocycles. The molecule has 1 aromatic carbocycles. The highest BCUT2D eigenvalue weighted by Crippen LogP contribution is 2.25. The topological polar surface area (TPSA) is 67.3 Å². The Labute approximate surface area is 154 Å². The average Bonchev–Trinajstić information content (AvgIpc) is 3.10. The van der Waals surface area contributed by atoms with Gasteiger partial charge in [0, 0.05) is 32.0 Å². The number of benzene rings is 1. The molecule has 0 spiro atoms. The fourth-order valence-corrected chi connectivity index (χ4v) is 3.13. The molecule has 0 radical (unpaired) electrons. The molecule has 0 aliphatic carbocycles. The molecular formula is C18H19F3N4O2. The van der Waals surface area contributed by atoms with Gasteiger partial charge in [-0.3, -0.25) is 4.79 Å². The quantitative estimate of drug-likeness (QED) is 0.834. The summed E-state index contributed by atoms with van der Waals surface area (Å²) in [5, 5.41) is 2.67. The van der Waals surface area contributed by atoms with E-state index in [0.29, 0.717) is 24.8 Å². The number of nitrogens with zero attached hydrogens (tertiary/aromatic N) is 3. The van der Waals surface area contributed by atoms with E-state index in [1.807, 2.05) is 4.90 Å². The Kier molecular flexibility index (Phi) is 5.90. The first-order valence-electron chi connectivity index (χ1n) is 8.40. The van der Waals surface area contributed by atoms with Crippen LogP contribution in [0, 0.1) is 5.82 Å². The number of halogens is 3. The van der Waals surface area contributed by atoms with E-state index < -0.39 is 23.7 Å². The van der Waals surface area contributed by atoms with Crippen LogP contribution in [-0.4, -0.2) is 48.2 Å². The van der Waals surface area contributed by atoms with E-state index >= 15 is 0 Å². The molecular weight excluding hydrogens is 361 g/mol. The molecule has 0 saturated carbocycles. The third kappa shape index (κ3) is 4.36. The van der Waals surface area contributed by atoms with Crippen LogP contribution in [0.15, 0.2) is 36.8 Å². The maximum Gasteiger partial charge on any atom is 0.263 e. The summed E-state index contributed by atoms with van der Waals surface area (Å²) in [6, 6.07) is 4.46. The number of hydrogen-bond donors (Lipinski definition) is 1. The molecule has 1 N–H and O–H groups in total. The van der Waals surface area contributed by atoms with Crippen molar-refractivity contribution in [2.45, 2.75) is 25.0 Å². The molecule has 0 unspecified atom stereocenters. The summed E-state index contributed by atoms with van der Waals surface area (Å²) in [5.74, 6) is -0.924. The standard InChI is InChI=1S/C18H19F3N4O2/c1-27-13-7-12(25(9-13)16-4-5-22-10-24-16)8-23-18(26)14-3-2-11(17(20)21)6-15(14)19/h2-6,10,12-13,17H,7-9H2,1H3,(H,23,26)/t12-,13-/m0/s1. The Balaban J connectivity index is 1.68. The number of carbonyl (C=O) groups is 1. The normalized spacial score (nSPS) is 19.5. The summed E-state index contributed by atoms with van der Waals surface area (Å²) in [6.07, 6.45) is 0.905. The van der Waals surface area contributed by atoms with Crippen LogP contribution in [0.4, 0.5) is 19.0 Å². The lowest BCUT2D eigenvalue weighted by Crippen LogP contribution is -2.40. The number of carbonyl (C=O) groups excluding carboxylic acids is 1. The molecule has 1 saturated heterocycles. The third-order valence-corrected chi connectivity index (χ3v) is 4.56. The molecule has 2 heterocycles. The number of anilines is 1. The molecule has 27 heavy (non-hydrogen) atoms. The molecule has 1 aliphatic heterocycles. The van der Waals surface area contributed by atoms with Gasteiger partial charge in [0.25, 0.3) is 12.3 Å². The van der Waals surface area contributed by atoms with E-state index in [-0.39, 0.29) is 24.3 Å². The van der Waals surface area contributed by atoms with Crippen molar-refractivity contribution in [1.29, 1.82) is 0 Å². The Hall–Kier alpha value is -2.68. The van der Waals surface area contributed by atoms with Gasteiger partial charge in [-0.15, -0.1) is 0 Å². The number of ether oxygens (including phenoxy) is 1. The monoisotopic (exact) mass is 380 g/mol. The SMILES string of the molecule is CO[C@H]1C[C@@H](CNC(=O)c2ccc(C(F)F)cc2F)N(c2ccncn2)C1. The fraction of sp³-hybridized carbons (Fsp3) is 0.389. The molecule has 6 nitrogen and oxygen atoms in total. The van der Waals surface area contributed by atoms with Crippen molar-refractivity contribution in [3.05, 3.63) is 53.7 Å². The Morgan fingerprint density at radius 2 is 2.22 bits per heavy atom. The van der Waals surface area contributed by atoms with Crippen LogP contribution < -0.4 is 10.2 Å². The van der Waals surface area contributed by atoms with Gasteiger partial charge in [-0.05, 0) is 24.6 Å². The Morgan fingerprint density at radius 3 is 2.85 bits per heavy atom. The highest BCUT2D eigenvalue weighted by atomic mass is 19.3. The fourth-order valence-electron chi connectivity index (χ4n) is 3.13. The first kappa shape index (κ1) is 19.1. The van der Waals surface area contributed by atoms with E-state index in [2.05, 4.69) is 15.3 Å². The van der Waals surface area contributed by atoms with E-state index in [9.17, 15) is 18.0 Å². The van der Waals surface area contributed by atoms with Gasteiger partial charge in [0.05, 0.1) is 17.7 Å². The van der Waals surface area contributed by atoms with Crippen LogP contribution >= 0.6 is 0 Å². The van der Waals surface area contributed by atoms with Crippen molar-refractivity contribution < 1.29 is 22.7 Å². The first-order chi connectivity index (χ1) is 13.0. The highest BCUT2D eigenvalue weighted by molar-refractivity contribution is 5.94. The zero-order chi connectivity index (χ0) is 19.4. The van der Waals surface area contributed by atoms with Crippen LogP contribution in [0.2, 0.25) is 0 Å². The van der Waals surface area contributed by atoms with E-state index in [4.69, 9.17) is 4.74 Å². The number of amides is 1. The van der Waals surface area contributed by atoms with E-state index in [1.54, 1.807) is 19.4 Å². The van der Waals surface area contributed by atoms with E-state index in [0.717, 1.165) is 12.1 Å². The molecule has 3 rings (SSSR count). The van der Waals surface area contributed by atoms with Gasteiger partial charge in [0.1, 0.15) is 18.0 Å². The van der Waals surface area contributed by atoms with Gasteiger partial charge in [0.15, 0.2) is 0 Å². The lowest BCUT2D eigenvalue weighted by molar-refractivity contribution is 0.0941. The van der Waals surface area contributed by atoms with Crippen LogP contribution in [0.1, 0.15) is 28.8 Å². The average molecular weight is 380 g/mol. The Morgan fingerprint density at radius 1 is 1.41 bits per heavy atom. The summed E-state index contributed by atoms with van der Waals surface area (Å²) >= 11 is 0. The van der Waals surface area contributed by atoms with Crippen LogP contribution in [0.3, 0.4) is 0 Å². The van der Waals surface area contributed by atoms with Crippen molar-refractivity contribution in [1.82, 2.24) is 15.3 Å². The predicted octanol–water partition coefficient (Wildman–Crippen LogP) is 2.58. The zero-order valence-corrected chi connectivity index (χ0v) is 14.6. The lowest BCUT2D eigenvalue weighted by atomic mass is 10.1. The van der Waals surface area contributed by atoms with Crippen molar-refractivity contribution in [3.8, 4) is 0 Å². The minimum absolute atomic E-state index is 0.0241. The van der Waals surface area contributed by atoms with Gasteiger partial charge in [-0.25, -0.2) is 23.1 Å². The molecule has 1 fully saturated rings. The largest absolute Gasteiger partial charge is 0.380 e. The number of nitrogens with one attached hydrogen (secondary N) is 1. The second-order valence-corrected chi connectivity index (χ2v) is 6.22. The molecule has 2 aromatic rings. The van der Waals surface area contributed by atoms with Gasteiger partial charge < -0.3 is 15.0 Å². The number of hydrogen-bond acceptors (Lipinski definition) is 5. The maximum atomic E-state index is 14.0. The van der Waals surface area contributed by atoms with Crippen LogP contribution in [0.5, 0.6) is 0 Å². The van der Waals surface area contributed by atoms with Gasteiger partial charge in [-0.2, -0.15) is 0 Å². The van der Waals surface area contributed by atoms with E-state index in [1.165, 1.54) is 6.33 Å². The molecule has 9 heteroatoms. The molecule has 2 atom stereocenters. The van der Waals surface area contributed by atoms with Gasteiger partial charge in [0.2, 0.25) is 0 Å². The summed E-state index contributed by atoms with van der Waals surface area (Å²) in [6.45, 7) is 0.838. The lowest BCUT2D eigenvalue weighted by Gasteiger charge is -2.25.